The SMILES string of the molecule is COc1cc2nc(C(F)(F)F)nc(N3CCN(c4cccc(C)c4C)CC3)c2cc1OC. The van der Waals surface area contributed by atoms with Gasteiger partial charge in [-0.25, -0.2) is 9.97 Å². The summed E-state index contributed by atoms with van der Waals surface area (Å²) in [5, 5.41) is 0.496. The molecule has 170 valence electrons. The normalized spacial score (nSPS) is 14.7. The number of anilines is 2. The van der Waals surface area contributed by atoms with Crippen molar-refractivity contribution in [1.82, 2.24) is 9.97 Å². The Morgan fingerprint density at radius 2 is 1.50 bits per heavy atom. The largest absolute Gasteiger partial charge is 0.493 e. The van der Waals surface area contributed by atoms with E-state index in [-0.39, 0.29) is 11.3 Å². The molecule has 1 aromatic heterocycles. The molecule has 6 nitrogen and oxygen atoms in total. The fraction of sp³-hybridized carbons (Fsp3) is 0.391. The Hall–Kier alpha value is -3.23. The highest BCUT2D eigenvalue weighted by Crippen LogP contribution is 2.38. The molecule has 0 saturated carbocycles. The van der Waals surface area contributed by atoms with Gasteiger partial charge in [0.2, 0.25) is 5.82 Å². The lowest BCUT2D eigenvalue weighted by atomic mass is 10.1. The van der Waals surface area contributed by atoms with Crippen LogP contribution in [0.25, 0.3) is 10.9 Å². The van der Waals surface area contributed by atoms with E-state index in [0.717, 1.165) is 5.69 Å². The first-order valence-corrected chi connectivity index (χ1v) is 10.3. The number of methoxy groups -OCH3 is 2. The van der Waals surface area contributed by atoms with Crippen LogP contribution < -0.4 is 19.3 Å². The zero-order valence-corrected chi connectivity index (χ0v) is 18.5. The minimum Gasteiger partial charge on any atom is -0.493 e. The Kier molecular flexibility index (Phi) is 5.75. The van der Waals surface area contributed by atoms with E-state index in [4.69, 9.17) is 9.47 Å². The lowest BCUT2D eigenvalue weighted by molar-refractivity contribution is -0.144. The molecule has 2 heterocycles. The van der Waals surface area contributed by atoms with E-state index in [1.807, 2.05) is 11.0 Å². The highest BCUT2D eigenvalue weighted by atomic mass is 19.4. The van der Waals surface area contributed by atoms with Crippen LogP contribution >= 0.6 is 0 Å². The Labute approximate surface area is 184 Å². The monoisotopic (exact) mass is 446 g/mol. The molecule has 0 N–H and O–H groups in total. The number of halogens is 3. The van der Waals surface area contributed by atoms with Gasteiger partial charge in [-0.3, -0.25) is 0 Å². The number of fused-ring (bicyclic) bond motifs is 1. The number of ether oxygens (including phenoxy) is 2. The molecule has 9 heteroatoms. The van der Waals surface area contributed by atoms with Crippen molar-refractivity contribution in [2.75, 3.05) is 50.2 Å². The van der Waals surface area contributed by atoms with Crippen LogP contribution in [-0.4, -0.2) is 50.4 Å². The zero-order valence-electron chi connectivity index (χ0n) is 18.5. The van der Waals surface area contributed by atoms with Crippen LogP contribution in [-0.2, 0) is 6.18 Å². The van der Waals surface area contributed by atoms with Gasteiger partial charge in [0, 0.05) is 43.3 Å². The molecule has 0 aliphatic carbocycles. The van der Waals surface area contributed by atoms with Crippen LogP contribution in [0.15, 0.2) is 30.3 Å². The maximum atomic E-state index is 13.5. The molecule has 0 bridgehead atoms. The van der Waals surface area contributed by atoms with Crippen molar-refractivity contribution in [3.63, 3.8) is 0 Å². The summed E-state index contributed by atoms with van der Waals surface area (Å²) < 4.78 is 51.3. The van der Waals surface area contributed by atoms with Gasteiger partial charge < -0.3 is 19.3 Å². The lowest BCUT2D eigenvalue weighted by Crippen LogP contribution is -2.47. The van der Waals surface area contributed by atoms with Crippen LogP contribution in [0.5, 0.6) is 11.5 Å². The first-order chi connectivity index (χ1) is 15.2. The molecule has 2 aromatic carbocycles. The van der Waals surface area contributed by atoms with Gasteiger partial charge >= 0.3 is 6.18 Å². The molecule has 1 aliphatic heterocycles. The van der Waals surface area contributed by atoms with Crippen LogP contribution in [0.4, 0.5) is 24.7 Å². The summed E-state index contributed by atoms with van der Waals surface area (Å²) in [6, 6.07) is 9.28. The summed E-state index contributed by atoms with van der Waals surface area (Å²) >= 11 is 0. The average Bonchev–Trinajstić information content (AvgIpc) is 2.78. The van der Waals surface area contributed by atoms with E-state index < -0.39 is 12.0 Å². The second-order valence-corrected chi connectivity index (χ2v) is 7.79. The van der Waals surface area contributed by atoms with Gasteiger partial charge in [0.25, 0.3) is 0 Å². The van der Waals surface area contributed by atoms with Crippen LogP contribution in [0, 0.1) is 13.8 Å². The van der Waals surface area contributed by atoms with Gasteiger partial charge in [0.15, 0.2) is 11.5 Å². The van der Waals surface area contributed by atoms with Crippen LogP contribution in [0.1, 0.15) is 17.0 Å². The van der Waals surface area contributed by atoms with E-state index in [9.17, 15) is 13.2 Å². The second-order valence-electron chi connectivity index (χ2n) is 7.79. The fourth-order valence-electron chi connectivity index (χ4n) is 4.04. The van der Waals surface area contributed by atoms with Crippen molar-refractivity contribution in [3.8, 4) is 11.5 Å². The predicted octanol–water partition coefficient (Wildman–Crippen LogP) is 4.61. The number of hydrogen-bond donors (Lipinski definition) is 0. The van der Waals surface area contributed by atoms with Gasteiger partial charge in [-0.05, 0) is 37.1 Å². The number of rotatable bonds is 4. The number of alkyl halides is 3. The third-order valence-electron chi connectivity index (χ3n) is 5.93. The van der Waals surface area contributed by atoms with Gasteiger partial charge in [-0.1, -0.05) is 12.1 Å². The summed E-state index contributed by atoms with van der Waals surface area (Å²) in [5.41, 5.74) is 3.74. The van der Waals surface area contributed by atoms with Gasteiger partial charge in [0.1, 0.15) is 5.82 Å². The molecule has 1 saturated heterocycles. The Morgan fingerprint density at radius 3 is 2.12 bits per heavy atom. The van der Waals surface area contributed by atoms with Gasteiger partial charge in [-0.2, -0.15) is 13.2 Å². The number of aryl methyl sites for hydroxylation is 1. The van der Waals surface area contributed by atoms with E-state index in [1.165, 1.54) is 31.4 Å². The van der Waals surface area contributed by atoms with E-state index >= 15 is 0 Å². The van der Waals surface area contributed by atoms with E-state index in [1.54, 1.807) is 6.07 Å². The maximum absolute atomic E-state index is 13.5. The molecule has 0 amide bonds. The third kappa shape index (κ3) is 3.99. The Balaban J connectivity index is 1.72. The molecule has 1 fully saturated rings. The Morgan fingerprint density at radius 1 is 0.875 bits per heavy atom. The second kappa shape index (κ2) is 8.37. The lowest BCUT2D eigenvalue weighted by Gasteiger charge is -2.38. The highest BCUT2D eigenvalue weighted by Gasteiger charge is 2.36. The molecule has 4 rings (SSSR count). The Bertz CT molecular complexity index is 1140. The predicted molar refractivity (Wildman–Crippen MR) is 118 cm³/mol. The number of nitrogens with zero attached hydrogens (tertiary/aromatic N) is 4. The molecule has 32 heavy (non-hydrogen) atoms. The van der Waals surface area contributed by atoms with Gasteiger partial charge in [0.05, 0.1) is 19.7 Å². The van der Waals surface area contributed by atoms with Crippen molar-refractivity contribution < 1.29 is 22.6 Å². The first-order valence-electron chi connectivity index (χ1n) is 10.3. The number of piperazine rings is 1. The topological polar surface area (TPSA) is 50.7 Å². The number of benzene rings is 2. The van der Waals surface area contributed by atoms with Gasteiger partial charge in [-0.15, -0.1) is 0 Å². The minimum absolute atomic E-state index is 0.164. The quantitative estimate of drug-likeness (QED) is 0.584. The molecule has 1 aliphatic rings. The molecule has 3 aromatic rings. The molecule has 0 spiro atoms. The van der Waals surface area contributed by atoms with Crippen LogP contribution in [0.2, 0.25) is 0 Å². The number of hydrogen-bond acceptors (Lipinski definition) is 6. The van der Waals surface area contributed by atoms with Crippen molar-refractivity contribution in [1.29, 1.82) is 0 Å². The summed E-state index contributed by atoms with van der Waals surface area (Å²) in [5.74, 6) is -0.177. The minimum atomic E-state index is -4.66. The van der Waals surface area contributed by atoms with Crippen LogP contribution in [0.3, 0.4) is 0 Å². The summed E-state index contributed by atoms with van der Waals surface area (Å²) in [7, 11) is 2.92. The standard InChI is InChI=1S/C23H25F3N4O2/c1-14-6-5-7-18(15(14)2)29-8-10-30(11-9-29)21-16-12-19(31-3)20(32-4)13-17(16)27-22(28-21)23(24,25)26/h5-7,12-13H,8-11H2,1-4H3. The van der Waals surface area contributed by atoms with Crippen molar-refractivity contribution in [2.24, 2.45) is 0 Å². The van der Waals surface area contributed by atoms with Crippen molar-refractivity contribution in [3.05, 3.63) is 47.3 Å². The summed E-state index contributed by atoms with van der Waals surface area (Å²) in [6.45, 7) is 6.57. The van der Waals surface area contributed by atoms with Crippen molar-refractivity contribution in [2.45, 2.75) is 20.0 Å². The molecule has 0 radical (unpaired) electrons. The summed E-state index contributed by atoms with van der Waals surface area (Å²) in [4.78, 5) is 11.8. The zero-order chi connectivity index (χ0) is 23.0. The van der Waals surface area contributed by atoms with E-state index in [0.29, 0.717) is 43.1 Å². The smallest absolute Gasteiger partial charge is 0.451 e. The molecular formula is C23H25F3N4O2. The molecular weight excluding hydrogens is 421 g/mol. The van der Waals surface area contributed by atoms with Crippen molar-refractivity contribution >= 4 is 22.4 Å². The third-order valence-corrected chi connectivity index (χ3v) is 5.93. The number of aromatic nitrogens is 2. The molecule has 0 unspecified atom stereocenters. The maximum Gasteiger partial charge on any atom is 0.451 e. The highest BCUT2D eigenvalue weighted by molar-refractivity contribution is 5.92. The molecule has 0 atom stereocenters. The first kappa shape index (κ1) is 22.0. The summed E-state index contributed by atoms with van der Waals surface area (Å²) in [6.07, 6.45) is -4.66. The van der Waals surface area contributed by atoms with E-state index in [2.05, 4.69) is 40.8 Å². The average molecular weight is 446 g/mol. The fourth-order valence-corrected chi connectivity index (χ4v) is 4.04.